The molecule has 5 aromatic rings. The summed E-state index contributed by atoms with van der Waals surface area (Å²) in [6, 6.07) is 35.1. The second-order valence-corrected chi connectivity index (χ2v) is 16.9. The monoisotopic (exact) mass is 868 g/mol. The zero-order chi connectivity index (χ0) is 44.5. The van der Waals surface area contributed by atoms with Gasteiger partial charge in [-0.3, -0.25) is 4.90 Å². The Bertz CT molecular complexity index is 2440. The number of hydrogen-bond acceptors (Lipinski definition) is 9. The molecule has 10 nitrogen and oxygen atoms in total. The number of hydrogen-bond donors (Lipinski definition) is 2. The van der Waals surface area contributed by atoms with Crippen LogP contribution >= 0.6 is 0 Å². The van der Waals surface area contributed by atoms with Gasteiger partial charge in [0, 0.05) is 37.7 Å². The van der Waals surface area contributed by atoms with Crippen molar-refractivity contribution in [1.29, 1.82) is 0 Å². The molecular formula is C53H57FN2O8. The van der Waals surface area contributed by atoms with E-state index < -0.39 is 29.7 Å². The van der Waals surface area contributed by atoms with Crippen LogP contribution in [-0.2, 0) is 27.5 Å². The van der Waals surface area contributed by atoms with Crippen LogP contribution < -0.4 is 9.47 Å². The third kappa shape index (κ3) is 9.57. The summed E-state index contributed by atoms with van der Waals surface area (Å²) >= 11 is 0. The van der Waals surface area contributed by atoms with Crippen molar-refractivity contribution in [3.05, 3.63) is 162 Å². The topological polar surface area (TPSA) is 119 Å². The number of aliphatic hydroxyl groups is 2. The first-order valence-electron chi connectivity index (χ1n) is 22.4. The fourth-order valence-corrected chi connectivity index (χ4v) is 10.0. The lowest BCUT2D eigenvalue weighted by atomic mass is 9.55. The Balaban J connectivity index is 1.32. The van der Waals surface area contributed by atoms with Gasteiger partial charge in [0.1, 0.15) is 35.7 Å². The lowest BCUT2D eigenvalue weighted by Gasteiger charge is -2.59. The van der Waals surface area contributed by atoms with Crippen molar-refractivity contribution < 1.29 is 43.2 Å². The lowest BCUT2D eigenvalue weighted by molar-refractivity contribution is -0.256. The van der Waals surface area contributed by atoms with E-state index in [0.29, 0.717) is 41.4 Å². The number of halogens is 1. The predicted molar refractivity (Wildman–Crippen MR) is 245 cm³/mol. The first-order valence-corrected chi connectivity index (χ1v) is 22.4. The molecule has 64 heavy (non-hydrogen) atoms. The molecular weight excluding hydrogens is 812 g/mol. The van der Waals surface area contributed by atoms with Crippen LogP contribution in [0.15, 0.2) is 145 Å². The maximum atomic E-state index is 14.3. The molecule has 0 spiro atoms. The average Bonchev–Trinajstić information content (AvgIpc) is 3.32. The van der Waals surface area contributed by atoms with Crippen molar-refractivity contribution in [2.75, 3.05) is 26.9 Å². The van der Waals surface area contributed by atoms with Gasteiger partial charge in [0.15, 0.2) is 0 Å². The minimum absolute atomic E-state index is 0.0122. The van der Waals surface area contributed by atoms with Gasteiger partial charge in [-0.05, 0) is 107 Å². The Kier molecular flexibility index (Phi) is 14.4. The molecule has 2 N–H and O–H groups in total. The van der Waals surface area contributed by atoms with Crippen molar-refractivity contribution >= 4 is 22.6 Å². The molecule has 2 aliphatic carbocycles. The number of rotatable bonds is 19. The molecule has 5 aromatic carbocycles. The van der Waals surface area contributed by atoms with Gasteiger partial charge in [-0.2, -0.15) is 0 Å². The number of benzene rings is 5. The van der Waals surface area contributed by atoms with Crippen LogP contribution in [0.1, 0.15) is 67.6 Å². The fourth-order valence-electron chi connectivity index (χ4n) is 10.0. The summed E-state index contributed by atoms with van der Waals surface area (Å²) in [7, 11) is 1.34. The molecule has 1 heterocycles. The van der Waals surface area contributed by atoms with E-state index in [9.17, 15) is 19.4 Å². The Hall–Kier alpha value is -6.01. The summed E-state index contributed by atoms with van der Waals surface area (Å²) in [5.74, 6) is -0.715. The van der Waals surface area contributed by atoms with Gasteiger partial charge in [0.25, 0.3) is 0 Å². The molecule has 6 atom stereocenters. The molecule has 0 bridgehead atoms. The van der Waals surface area contributed by atoms with Crippen molar-refractivity contribution in [3.8, 4) is 17.2 Å². The predicted octanol–water partition coefficient (Wildman–Crippen LogP) is 10.9. The summed E-state index contributed by atoms with van der Waals surface area (Å²) in [6.45, 7) is 4.57. The van der Waals surface area contributed by atoms with E-state index in [2.05, 4.69) is 30.9 Å². The fraction of sp³-hybridized carbons (Fsp3) is 0.358. The van der Waals surface area contributed by atoms with E-state index in [1.54, 1.807) is 23.1 Å². The SMILES string of the molecule is C=CCO[C@@]12Oc3ccc(Oc4ccc5ccccc5c4)cc3[C@H]3[C@H](CCCCO)[C@@H](CCCCO)C=C(C(=NOCc4ccccc4)C[C@@H]1N(Cc1ccc(F)cc1)C(=O)OC)[C@H]32. The molecule has 1 aliphatic heterocycles. The second kappa shape index (κ2) is 20.7. The summed E-state index contributed by atoms with van der Waals surface area (Å²) in [6.07, 6.45) is 8.01. The molecule has 1 saturated carbocycles. The highest BCUT2D eigenvalue weighted by molar-refractivity contribution is 6.03. The minimum Gasteiger partial charge on any atom is -0.459 e. The summed E-state index contributed by atoms with van der Waals surface area (Å²) < 4.78 is 40.8. The standard InChI is InChI=1S/C53H57FN2O8/c1-3-29-61-53-49(56(52(59)60-2)34-36-19-22-41(54)23-20-36)33-47(55-62-35-37-13-5-4-6-14-37)45-31-40(17-9-11-27-57)44(18-10-12-28-58)50(51(45)53)46-32-43(25-26-48(46)64-53)63-42-24-21-38-15-7-8-16-39(38)30-42/h3-8,13-16,19-26,30-32,40,44,49-51,57-58H,1,9-12,17-18,27-29,33-35H2,2H3/t40-,44+,49-,50+,51+,53+/m0/s1. The quantitative estimate of drug-likeness (QED) is 0.0478. The van der Waals surface area contributed by atoms with Crippen LogP contribution in [0.2, 0.25) is 0 Å². The third-order valence-corrected chi connectivity index (χ3v) is 12.9. The highest BCUT2D eigenvalue weighted by Gasteiger charge is 2.65. The van der Waals surface area contributed by atoms with E-state index in [0.717, 1.165) is 53.2 Å². The van der Waals surface area contributed by atoms with E-state index in [1.807, 2.05) is 72.8 Å². The third-order valence-electron chi connectivity index (χ3n) is 12.9. The first-order chi connectivity index (χ1) is 31.3. The Morgan fingerprint density at radius 2 is 1.59 bits per heavy atom. The molecule has 3 aliphatic rings. The van der Waals surface area contributed by atoms with E-state index in [1.165, 1.54) is 19.2 Å². The maximum Gasteiger partial charge on any atom is 0.410 e. The minimum atomic E-state index is -1.50. The molecule has 1 amide bonds. The molecule has 8 rings (SSSR count). The van der Waals surface area contributed by atoms with E-state index >= 15 is 0 Å². The van der Waals surface area contributed by atoms with Crippen LogP contribution in [0.5, 0.6) is 17.2 Å². The molecule has 0 unspecified atom stereocenters. The van der Waals surface area contributed by atoms with Crippen molar-refractivity contribution in [2.24, 2.45) is 22.9 Å². The smallest absolute Gasteiger partial charge is 0.410 e. The van der Waals surface area contributed by atoms with Crippen LogP contribution in [0.25, 0.3) is 10.8 Å². The van der Waals surface area contributed by atoms with Gasteiger partial charge in [-0.15, -0.1) is 6.58 Å². The molecule has 334 valence electrons. The number of allylic oxidation sites excluding steroid dienone is 1. The number of aliphatic hydroxyl groups excluding tert-OH is 2. The summed E-state index contributed by atoms with van der Waals surface area (Å²) in [5, 5.41) is 27.1. The van der Waals surface area contributed by atoms with Crippen LogP contribution in [-0.4, -0.2) is 65.7 Å². The van der Waals surface area contributed by atoms with Gasteiger partial charge in [0.05, 0.1) is 25.3 Å². The summed E-state index contributed by atoms with van der Waals surface area (Å²) in [5.41, 5.74) is 4.12. The zero-order valence-electron chi connectivity index (χ0n) is 36.3. The van der Waals surface area contributed by atoms with Gasteiger partial charge in [0.2, 0.25) is 5.79 Å². The van der Waals surface area contributed by atoms with Gasteiger partial charge < -0.3 is 34.0 Å². The number of amides is 1. The van der Waals surface area contributed by atoms with Crippen molar-refractivity contribution in [1.82, 2.24) is 4.90 Å². The lowest BCUT2D eigenvalue weighted by Crippen LogP contribution is -2.70. The van der Waals surface area contributed by atoms with E-state index in [4.69, 9.17) is 28.9 Å². The van der Waals surface area contributed by atoms with Gasteiger partial charge in [-0.1, -0.05) is 103 Å². The molecule has 0 saturated heterocycles. The average molecular weight is 869 g/mol. The molecule has 0 aromatic heterocycles. The number of carbonyl (C=O) groups excluding carboxylic acids is 1. The van der Waals surface area contributed by atoms with Crippen molar-refractivity contribution in [3.63, 3.8) is 0 Å². The number of nitrogens with zero attached hydrogens (tertiary/aromatic N) is 2. The normalized spacial score (nSPS) is 22.7. The van der Waals surface area contributed by atoms with Gasteiger partial charge >= 0.3 is 6.09 Å². The van der Waals surface area contributed by atoms with Crippen LogP contribution in [0, 0.1) is 23.6 Å². The molecule has 1 fully saturated rings. The number of methoxy groups -OCH3 is 1. The number of fused-ring (bicyclic) bond motifs is 3. The van der Waals surface area contributed by atoms with Crippen LogP contribution in [0.3, 0.4) is 0 Å². The number of unbranched alkanes of at least 4 members (excludes halogenated alkanes) is 2. The van der Waals surface area contributed by atoms with Crippen molar-refractivity contribution in [2.45, 2.75) is 75.8 Å². The van der Waals surface area contributed by atoms with Crippen LogP contribution in [0.4, 0.5) is 9.18 Å². The maximum absolute atomic E-state index is 14.3. The zero-order valence-corrected chi connectivity index (χ0v) is 36.3. The Morgan fingerprint density at radius 1 is 0.875 bits per heavy atom. The summed E-state index contributed by atoms with van der Waals surface area (Å²) in [4.78, 5) is 22.1. The molecule has 11 heteroatoms. The highest BCUT2D eigenvalue weighted by atomic mass is 19.1. The Morgan fingerprint density at radius 3 is 2.34 bits per heavy atom. The van der Waals surface area contributed by atoms with E-state index in [-0.39, 0.29) is 57.1 Å². The largest absolute Gasteiger partial charge is 0.459 e. The molecule has 0 radical (unpaired) electrons. The van der Waals surface area contributed by atoms with Gasteiger partial charge in [-0.25, -0.2) is 9.18 Å². The number of ether oxygens (including phenoxy) is 4. The second-order valence-electron chi connectivity index (χ2n) is 16.9. The highest BCUT2D eigenvalue weighted by Crippen LogP contribution is 2.62. The number of oxime groups is 1. The Labute approximate surface area is 374 Å². The number of carbonyl (C=O) groups is 1. The first kappa shape index (κ1) is 44.6.